The lowest BCUT2D eigenvalue weighted by atomic mass is 9.81. The van der Waals surface area contributed by atoms with Crippen molar-refractivity contribution in [2.45, 2.75) is 0 Å². The number of hydrogen-bond acceptors (Lipinski definition) is 0. The van der Waals surface area contributed by atoms with Crippen molar-refractivity contribution >= 4 is 86.2 Å². The van der Waals surface area contributed by atoms with E-state index in [-0.39, 0.29) is 0 Å². The Kier molecular flexibility index (Phi) is 13.7. The summed E-state index contributed by atoms with van der Waals surface area (Å²) in [7, 11) is 0. The molecule has 19 aromatic rings. The molecule has 0 aliphatic heterocycles. The van der Waals surface area contributed by atoms with E-state index in [1.54, 1.807) is 0 Å². The van der Waals surface area contributed by atoms with Crippen molar-refractivity contribution in [1.29, 1.82) is 0 Å². The van der Waals surface area contributed by atoms with Gasteiger partial charge in [-0.15, -0.1) is 0 Å². The van der Waals surface area contributed by atoms with Crippen LogP contribution in [0.15, 0.2) is 376 Å². The van der Waals surface area contributed by atoms with Crippen LogP contribution in [0, 0.1) is 0 Å². The van der Waals surface area contributed by atoms with Crippen LogP contribution < -0.4 is 0 Å². The van der Waals surface area contributed by atoms with Gasteiger partial charge in [0.1, 0.15) is 0 Å². The summed E-state index contributed by atoms with van der Waals surface area (Å²) in [5.41, 5.74) is 24.1. The van der Waals surface area contributed by atoms with E-state index < -0.39 is 0 Å². The minimum Gasteiger partial charge on any atom is -0.0622 e. The number of fused-ring (bicyclic) bond motifs is 9. The van der Waals surface area contributed by atoms with Gasteiger partial charge in [0.05, 0.1) is 0 Å². The highest BCUT2D eigenvalue weighted by atomic mass is 14.3. The predicted octanol–water partition coefficient (Wildman–Crippen LogP) is 27.6. The normalized spacial score (nSPS) is 11.7. The highest BCUT2D eigenvalue weighted by molar-refractivity contribution is 6.29. The molecule has 0 fully saturated rings. The molecule has 0 heterocycles. The fourth-order valence-electron chi connectivity index (χ4n) is 16.2. The Morgan fingerprint density at radius 1 is 0.102 bits per heavy atom. The Morgan fingerprint density at radius 2 is 0.337 bits per heavy atom. The fourth-order valence-corrected chi connectivity index (χ4v) is 16.2. The van der Waals surface area contributed by atoms with Gasteiger partial charge in [-0.1, -0.05) is 322 Å². The van der Waals surface area contributed by atoms with Crippen LogP contribution in [0.1, 0.15) is 0 Å². The Hall–Kier alpha value is -12.7. The van der Waals surface area contributed by atoms with E-state index in [9.17, 15) is 0 Å². The zero-order valence-corrected chi connectivity index (χ0v) is 53.8. The fraction of sp³-hybridized carbons (Fsp3) is 0. The third kappa shape index (κ3) is 9.52. The Balaban J connectivity index is 0.883. The highest BCUT2D eigenvalue weighted by Gasteiger charge is 2.25. The minimum absolute atomic E-state index is 1.17. The van der Waals surface area contributed by atoms with Crippen LogP contribution in [0.3, 0.4) is 0 Å². The van der Waals surface area contributed by atoms with Gasteiger partial charge in [-0.2, -0.15) is 0 Å². The third-order valence-corrected chi connectivity index (χ3v) is 20.5. The summed E-state index contributed by atoms with van der Waals surface area (Å²) in [6, 6.07) is 140. The van der Waals surface area contributed by atoms with Crippen molar-refractivity contribution in [2.24, 2.45) is 0 Å². The standard InChI is InChI=1S/C98H62/c1-6-28-63(29-7-1)71-54-72(64-30-8-2-9-31-64)57-75(56-71)96-82-42-20-16-38-78(82)94(79-39-17-21-43-83(79)96)69-51-50-68-60-92(98-88-48-26-24-46-86(88)93(67-36-14-5-15-37-67)87-47-25-27-49-89(87)98)77-53-52-70(62-91(77)90(68)61-69)95-80-40-18-22-44-84(80)97(85-45-23-19-41-81(85)95)76-58-73(65-32-10-3-11-33-65)55-74(59-76)66-34-12-4-13-35-66/h1-62H. The van der Waals surface area contributed by atoms with Crippen LogP contribution in [-0.2, 0) is 0 Å². The third-order valence-electron chi connectivity index (χ3n) is 20.5. The first-order valence-corrected chi connectivity index (χ1v) is 34.0. The maximum atomic E-state index is 2.54. The zero-order valence-electron chi connectivity index (χ0n) is 53.8. The summed E-state index contributed by atoms with van der Waals surface area (Å²) in [5, 5.41) is 19.5. The molecule has 0 aliphatic carbocycles. The SMILES string of the molecule is c1ccc(-c2cc(-c3ccccc3)cc(-c3c4ccccc4c(-c4ccc5cc(-c6c7ccccc7c(-c7ccccc7)c7ccccc67)c6ccc(-c7c8ccccc8c(-c8cc(-c9ccccc9)cc(-c9ccccc9)c8)c8ccccc78)cc6c5c4)c4ccccc34)c2)cc1. The molecule has 0 N–H and O–H groups in total. The summed E-state index contributed by atoms with van der Waals surface area (Å²) < 4.78 is 0. The van der Waals surface area contributed by atoms with Crippen molar-refractivity contribution in [3.63, 3.8) is 0 Å². The number of benzene rings is 19. The summed E-state index contributed by atoms with van der Waals surface area (Å²) in [6.07, 6.45) is 0. The smallest absolute Gasteiger partial charge is 0.00199 e. The van der Waals surface area contributed by atoms with E-state index in [0.29, 0.717) is 0 Å². The molecule has 0 nitrogen and oxygen atoms in total. The first kappa shape index (κ1) is 56.8. The summed E-state index contributed by atoms with van der Waals surface area (Å²) in [4.78, 5) is 0. The van der Waals surface area contributed by atoms with Crippen LogP contribution in [0.25, 0.3) is 197 Å². The van der Waals surface area contributed by atoms with E-state index in [4.69, 9.17) is 0 Å². The molecule has 0 amide bonds. The van der Waals surface area contributed by atoms with Crippen molar-refractivity contribution in [2.75, 3.05) is 0 Å². The molecule has 98 heavy (non-hydrogen) atoms. The lowest BCUT2D eigenvalue weighted by Gasteiger charge is -2.22. The second kappa shape index (κ2) is 23.6. The second-order valence-corrected chi connectivity index (χ2v) is 26.1. The van der Waals surface area contributed by atoms with Gasteiger partial charge in [0.15, 0.2) is 0 Å². The summed E-state index contributed by atoms with van der Waals surface area (Å²) >= 11 is 0. The molecule has 0 unspecified atom stereocenters. The second-order valence-electron chi connectivity index (χ2n) is 26.1. The highest BCUT2D eigenvalue weighted by Crippen LogP contribution is 2.52. The largest absolute Gasteiger partial charge is 0.0622 e. The first-order valence-electron chi connectivity index (χ1n) is 34.0. The maximum Gasteiger partial charge on any atom is -0.00199 e. The van der Waals surface area contributed by atoms with Crippen LogP contribution in [0.4, 0.5) is 0 Å². The molecule has 0 aromatic heterocycles. The van der Waals surface area contributed by atoms with E-state index in [1.165, 1.54) is 197 Å². The Labute approximate surface area is 569 Å². The lowest BCUT2D eigenvalue weighted by Crippen LogP contribution is -1.94. The van der Waals surface area contributed by atoms with Gasteiger partial charge >= 0.3 is 0 Å². The molecule has 0 radical (unpaired) electrons. The molecule has 0 aliphatic rings. The molecule has 0 saturated carbocycles. The molecule has 0 bridgehead atoms. The van der Waals surface area contributed by atoms with Crippen LogP contribution in [0.2, 0.25) is 0 Å². The number of hydrogen-bond donors (Lipinski definition) is 0. The van der Waals surface area contributed by atoms with Gasteiger partial charge in [-0.3, -0.25) is 0 Å². The van der Waals surface area contributed by atoms with E-state index >= 15 is 0 Å². The van der Waals surface area contributed by atoms with Gasteiger partial charge in [-0.25, -0.2) is 0 Å². The Bertz CT molecular complexity index is 6080. The van der Waals surface area contributed by atoms with Gasteiger partial charge in [-0.05, 0) is 252 Å². The van der Waals surface area contributed by atoms with Crippen LogP contribution in [0.5, 0.6) is 0 Å². The maximum absolute atomic E-state index is 2.54. The molecule has 454 valence electrons. The van der Waals surface area contributed by atoms with Gasteiger partial charge < -0.3 is 0 Å². The van der Waals surface area contributed by atoms with Crippen LogP contribution >= 0.6 is 0 Å². The lowest BCUT2D eigenvalue weighted by molar-refractivity contribution is 1.58. The van der Waals surface area contributed by atoms with E-state index in [0.717, 1.165) is 0 Å². The quantitative estimate of drug-likeness (QED) is 0.0946. The van der Waals surface area contributed by atoms with Gasteiger partial charge in [0.2, 0.25) is 0 Å². The van der Waals surface area contributed by atoms with Crippen molar-refractivity contribution < 1.29 is 0 Å². The van der Waals surface area contributed by atoms with Crippen molar-refractivity contribution in [3.05, 3.63) is 376 Å². The molecule has 0 heteroatoms. The molecule has 19 rings (SSSR count). The molecule has 19 aromatic carbocycles. The van der Waals surface area contributed by atoms with Crippen molar-refractivity contribution in [1.82, 2.24) is 0 Å². The average Bonchev–Trinajstić information content (AvgIpc) is 0.716. The van der Waals surface area contributed by atoms with E-state index in [1.807, 2.05) is 0 Å². The minimum atomic E-state index is 1.17. The topological polar surface area (TPSA) is 0 Å². The van der Waals surface area contributed by atoms with E-state index in [2.05, 4.69) is 376 Å². The van der Waals surface area contributed by atoms with Gasteiger partial charge in [0, 0.05) is 0 Å². The zero-order chi connectivity index (χ0) is 64.6. The molecule has 0 saturated heterocycles. The molecule has 0 atom stereocenters. The van der Waals surface area contributed by atoms with Gasteiger partial charge in [0.25, 0.3) is 0 Å². The molecule has 0 spiro atoms. The molecular weight excluding hydrogens is 1180 g/mol. The van der Waals surface area contributed by atoms with Crippen molar-refractivity contribution in [3.8, 4) is 111 Å². The summed E-state index contributed by atoms with van der Waals surface area (Å²) in [5.74, 6) is 0. The summed E-state index contributed by atoms with van der Waals surface area (Å²) in [6.45, 7) is 0. The number of rotatable bonds is 10. The average molecular weight is 1240 g/mol. The monoisotopic (exact) mass is 1240 g/mol. The van der Waals surface area contributed by atoms with Crippen LogP contribution in [-0.4, -0.2) is 0 Å². The predicted molar refractivity (Wildman–Crippen MR) is 421 cm³/mol. The molecular formula is C98H62. The first-order chi connectivity index (χ1) is 48.6. The Morgan fingerprint density at radius 3 is 0.653 bits per heavy atom.